The number of fused-ring (bicyclic) bond motifs is 1. The molecule has 0 unspecified atom stereocenters. The second kappa shape index (κ2) is 13.1. The molecule has 3 aromatic carbocycles. The molecule has 1 atom stereocenters. The largest absolute Gasteiger partial charge is 0.444 e. The first kappa shape index (κ1) is 29.9. The van der Waals surface area contributed by atoms with E-state index in [1.807, 2.05) is 42.5 Å². The maximum Gasteiger partial charge on any atom is 0.414 e. The third-order valence-electron chi connectivity index (χ3n) is 6.30. The lowest BCUT2D eigenvalue weighted by molar-refractivity contribution is -0.535. The smallest absolute Gasteiger partial charge is 0.414 e. The number of primary amides is 1. The van der Waals surface area contributed by atoms with Gasteiger partial charge in [0.2, 0.25) is 6.54 Å². The average Bonchev–Trinajstić information content (AvgIpc) is 3.31. The number of hydrogen-bond donors (Lipinski definition) is 4. The van der Waals surface area contributed by atoms with Gasteiger partial charge in [0.25, 0.3) is 0 Å². The zero-order chi connectivity index (χ0) is 30.4. The molecule has 1 aliphatic heterocycles. The number of benzene rings is 3. The monoisotopic (exact) mass is 596 g/mol. The molecule has 0 radical (unpaired) electrons. The standard InChI is InChI=1S/C28H27ClFN7O5/c1-36(41)14-17-7-8-18-10-19(37(24(18)9-17)28(40)42-15-16-5-3-2-4-6-16)13-33-27(32)35-22-11-20(29)21(30)12-23(22)34-26(39)25(31)38/h2-9,11-12,19H,10,13-15H2,1H3,(H5-,31,32,33,34,35,38,39)/p+1/t19-/m0/s1. The van der Waals surface area contributed by atoms with Crippen molar-refractivity contribution in [1.29, 1.82) is 0 Å². The van der Waals surface area contributed by atoms with Crippen LogP contribution in [0, 0.1) is 10.7 Å². The van der Waals surface area contributed by atoms with Gasteiger partial charge >= 0.3 is 17.9 Å². The molecule has 3 amide bonds. The molecule has 0 spiro atoms. The molecule has 6 N–H and O–H groups in total. The van der Waals surface area contributed by atoms with Crippen LogP contribution in [0.15, 0.2) is 65.7 Å². The van der Waals surface area contributed by atoms with Crippen LogP contribution in [0.4, 0.5) is 26.2 Å². The van der Waals surface area contributed by atoms with E-state index in [2.05, 4.69) is 15.6 Å². The van der Waals surface area contributed by atoms with Crippen LogP contribution in [0.1, 0.15) is 16.7 Å². The lowest BCUT2D eigenvalue weighted by atomic mass is 10.1. The Balaban J connectivity index is 1.56. The predicted octanol–water partition coefficient (Wildman–Crippen LogP) is 3.31. The van der Waals surface area contributed by atoms with E-state index >= 15 is 0 Å². The normalized spacial score (nSPS) is 14.2. The molecule has 0 saturated heterocycles. The van der Waals surface area contributed by atoms with E-state index in [0.717, 1.165) is 33.6 Å². The van der Waals surface area contributed by atoms with Crippen LogP contribution in [0.5, 0.6) is 0 Å². The molecule has 4 rings (SSSR count). The molecule has 12 nitrogen and oxygen atoms in total. The second-order valence-corrected chi connectivity index (χ2v) is 9.91. The van der Waals surface area contributed by atoms with E-state index in [-0.39, 0.29) is 42.1 Å². The minimum absolute atomic E-state index is 0.0304. The van der Waals surface area contributed by atoms with Gasteiger partial charge in [0.15, 0.2) is 13.0 Å². The van der Waals surface area contributed by atoms with Crippen molar-refractivity contribution in [1.82, 2.24) is 0 Å². The molecule has 0 fully saturated rings. The van der Waals surface area contributed by atoms with Crippen molar-refractivity contribution in [3.8, 4) is 0 Å². The van der Waals surface area contributed by atoms with Crippen LogP contribution in [0.3, 0.4) is 0 Å². The number of ether oxygens (including phenoxy) is 1. The van der Waals surface area contributed by atoms with Crippen molar-refractivity contribution in [3.63, 3.8) is 0 Å². The Morgan fingerprint density at radius 3 is 2.48 bits per heavy atom. The molecule has 3 aromatic rings. The number of anilines is 3. The highest BCUT2D eigenvalue weighted by atomic mass is 35.5. The molecule has 0 saturated carbocycles. The summed E-state index contributed by atoms with van der Waals surface area (Å²) < 4.78 is 20.5. The Morgan fingerprint density at radius 1 is 1.07 bits per heavy atom. The number of nitrogens with zero attached hydrogens (tertiary/aromatic N) is 3. The molecular formula is C28H28ClFN7O5+. The Morgan fingerprint density at radius 2 is 1.79 bits per heavy atom. The van der Waals surface area contributed by atoms with Crippen LogP contribution in [-0.4, -0.2) is 48.3 Å². The van der Waals surface area contributed by atoms with E-state index in [1.54, 1.807) is 6.07 Å². The lowest BCUT2D eigenvalue weighted by Crippen LogP contribution is -2.40. The van der Waals surface area contributed by atoms with Crippen molar-refractivity contribution in [2.45, 2.75) is 25.6 Å². The second-order valence-electron chi connectivity index (χ2n) is 9.50. The molecule has 14 heteroatoms. The molecule has 0 aromatic heterocycles. The maximum absolute atomic E-state index is 14.1. The fourth-order valence-corrected chi connectivity index (χ4v) is 4.57. The summed E-state index contributed by atoms with van der Waals surface area (Å²) >= 11 is 5.89. The van der Waals surface area contributed by atoms with Gasteiger partial charge in [-0.3, -0.25) is 19.5 Å². The highest BCUT2D eigenvalue weighted by Crippen LogP contribution is 2.34. The van der Waals surface area contributed by atoms with Gasteiger partial charge in [0.1, 0.15) is 12.4 Å². The van der Waals surface area contributed by atoms with E-state index in [9.17, 15) is 23.7 Å². The van der Waals surface area contributed by atoms with Crippen LogP contribution in [0.2, 0.25) is 5.02 Å². The zero-order valence-corrected chi connectivity index (χ0v) is 23.2. The van der Waals surface area contributed by atoms with Crippen LogP contribution in [0.25, 0.3) is 0 Å². The topological polar surface area (TPSA) is 172 Å². The van der Waals surface area contributed by atoms with Crippen molar-refractivity contribution in [2.75, 3.05) is 29.1 Å². The molecule has 1 aliphatic rings. The average molecular weight is 597 g/mol. The Labute approximate surface area is 245 Å². The summed E-state index contributed by atoms with van der Waals surface area (Å²) in [6, 6.07) is 16.2. The maximum atomic E-state index is 14.1. The molecule has 0 bridgehead atoms. The number of nitrogens with two attached hydrogens (primary N) is 2. The van der Waals surface area contributed by atoms with Crippen molar-refractivity contribution >= 4 is 52.5 Å². The van der Waals surface area contributed by atoms with Gasteiger partial charge in [-0.25, -0.2) is 9.18 Å². The number of hydrogen-bond acceptors (Lipinski definition) is 6. The van der Waals surface area contributed by atoms with Gasteiger partial charge in [0, 0.05) is 16.5 Å². The summed E-state index contributed by atoms with van der Waals surface area (Å²) in [5.41, 5.74) is 14.0. The number of aliphatic imine (C=N–C) groups is 1. The first-order valence-electron chi connectivity index (χ1n) is 12.7. The number of carbonyl (C=O) groups is 3. The fraction of sp³-hybridized carbons (Fsp3) is 0.214. The van der Waals surface area contributed by atoms with Gasteiger partial charge in [-0.05, 0) is 34.4 Å². The van der Waals surface area contributed by atoms with E-state index in [0.29, 0.717) is 12.1 Å². The van der Waals surface area contributed by atoms with Gasteiger partial charge in [-0.15, -0.1) is 0 Å². The first-order chi connectivity index (χ1) is 20.0. The summed E-state index contributed by atoms with van der Waals surface area (Å²) in [7, 11) is 1.41. The Kier molecular flexibility index (Phi) is 9.32. The van der Waals surface area contributed by atoms with E-state index in [4.69, 9.17) is 27.8 Å². The van der Waals surface area contributed by atoms with Crippen molar-refractivity contribution < 1.29 is 28.3 Å². The molecule has 42 heavy (non-hydrogen) atoms. The summed E-state index contributed by atoms with van der Waals surface area (Å²) in [6.07, 6.45) is -0.166. The fourth-order valence-electron chi connectivity index (χ4n) is 4.40. The number of amides is 3. The first-order valence-corrected chi connectivity index (χ1v) is 13.1. The minimum Gasteiger partial charge on any atom is -0.444 e. The molecular weight excluding hydrogens is 569 g/mol. The quantitative estimate of drug-likeness (QED) is 0.134. The van der Waals surface area contributed by atoms with Gasteiger partial charge in [-0.2, -0.15) is 0 Å². The van der Waals surface area contributed by atoms with Gasteiger partial charge in [-0.1, -0.05) is 54.1 Å². The van der Waals surface area contributed by atoms with Crippen molar-refractivity contribution in [3.05, 3.63) is 93.1 Å². The summed E-state index contributed by atoms with van der Waals surface area (Å²) in [6.45, 7) is 0.219. The molecule has 0 aliphatic carbocycles. The highest BCUT2D eigenvalue weighted by Gasteiger charge is 2.35. The van der Waals surface area contributed by atoms with E-state index in [1.165, 1.54) is 11.9 Å². The number of carbonyl (C=O) groups excluding carboxylic acids is 3. The third-order valence-corrected chi connectivity index (χ3v) is 6.59. The number of guanidine groups is 1. The Bertz CT molecular complexity index is 1570. The third kappa shape index (κ3) is 7.37. The van der Waals surface area contributed by atoms with Crippen LogP contribution < -0.4 is 27.0 Å². The number of nitroso groups, excluding NO2 is 1. The number of halogens is 2. The minimum atomic E-state index is -1.27. The highest BCUT2D eigenvalue weighted by molar-refractivity contribution is 6.39. The summed E-state index contributed by atoms with van der Waals surface area (Å²) in [5.74, 6) is -3.45. The zero-order valence-electron chi connectivity index (χ0n) is 22.5. The van der Waals surface area contributed by atoms with Gasteiger partial charge in [0.05, 0.1) is 34.7 Å². The Hall–Kier alpha value is -5.04. The predicted molar refractivity (Wildman–Crippen MR) is 156 cm³/mol. The number of nitrogens with one attached hydrogen (secondary N) is 2. The summed E-state index contributed by atoms with van der Waals surface area (Å²) in [4.78, 5) is 53.8. The molecule has 1 heterocycles. The SMILES string of the molecule is C[N+](=O)Cc1ccc2c(c1)N(C(=O)OCc1ccccc1)[C@H](CN=C(N)Nc1cc(Cl)c(F)cc1NC(=O)C(N)=O)C2. The number of rotatable bonds is 8. The van der Waals surface area contributed by atoms with Crippen LogP contribution in [-0.2, 0) is 33.9 Å². The van der Waals surface area contributed by atoms with E-state index < -0.39 is 29.8 Å². The summed E-state index contributed by atoms with van der Waals surface area (Å²) in [5, 5.41) is 4.63. The molecule has 218 valence electrons. The lowest BCUT2D eigenvalue weighted by Gasteiger charge is -2.24. The van der Waals surface area contributed by atoms with Gasteiger partial charge < -0.3 is 26.8 Å². The van der Waals surface area contributed by atoms with Crippen molar-refractivity contribution in [2.24, 2.45) is 16.5 Å². The van der Waals surface area contributed by atoms with Crippen LogP contribution >= 0.6 is 11.6 Å².